The van der Waals surface area contributed by atoms with E-state index in [1.54, 1.807) is 21.9 Å². The van der Waals surface area contributed by atoms with Crippen LogP contribution in [0.15, 0.2) is 89.7 Å². The Kier molecular flexibility index (Phi) is 6.45. The molecule has 1 aromatic heterocycles. The minimum absolute atomic E-state index is 0.0118. The molecule has 2 aliphatic heterocycles. The molecule has 1 N–H and O–H groups in total. The standard InChI is InChI=1S/C29H28N6O4/c1-32(29(38)30-15-20-9-4-2-5-10-20)34-18-25(36)35-24(34)17-33(28(37)26(35)21-11-6-3-7-12-21)16-22-13-8-14-23-27(22)39-19-31-23/h2-14,19,24,26H,15-18H2,1H3,(H,30,38)/t24-,26+/m1/s1. The SMILES string of the molecule is CN(C(=O)NCc1ccccc1)N1CC(=O)N2[C@@H](c3ccccc3)C(=O)N(Cc3cccc4ncoc34)C[C@@H]21. The molecule has 39 heavy (non-hydrogen) atoms. The number of piperazine rings is 1. The minimum atomic E-state index is -0.808. The van der Waals surface area contributed by atoms with Crippen molar-refractivity contribution < 1.29 is 18.8 Å². The van der Waals surface area contributed by atoms with Crippen molar-refractivity contribution in [2.24, 2.45) is 0 Å². The zero-order valence-electron chi connectivity index (χ0n) is 21.4. The van der Waals surface area contributed by atoms with E-state index >= 15 is 0 Å². The van der Waals surface area contributed by atoms with Crippen LogP contribution in [0.1, 0.15) is 22.7 Å². The third-order valence-corrected chi connectivity index (χ3v) is 7.34. The van der Waals surface area contributed by atoms with E-state index in [9.17, 15) is 14.4 Å². The van der Waals surface area contributed by atoms with Crippen LogP contribution in [0.2, 0.25) is 0 Å². The zero-order chi connectivity index (χ0) is 26.9. The molecule has 3 heterocycles. The molecular formula is C29H28N6O4. The monoisotopic (exact) mass is 524 g/mol. The maximum absolute atomic E-state index is 13.9. The summed E-state index contributed by atoms with van der Waals surface area (Å²) in [4.78, 5) is 48.0. The lowest BCUT2D eigenvalue weighted by Gasteiger charge is -2.45. The van der Waals surface area contributed by atoms with Crippen molar-refractivity contribution >= 4 is 28.9 Å². The Morgan fingerprint density at radius 1 is 1.03 bits per heavy atom. The van der Waals surface area contributed by atoms with E-state index in [1.807, 2.05) is 78.9 Å². The molecule has 0 aliphatic carbocycles. The van der Waals surface area contributed by atoms with Gasteiger partial charge < -0.3 is 19.5 Å². The fourth-order valence-electron chi connectivity index (χ4n) is 5.38. The molecule has 198 valence electrons. The number of fused-ring (bicyclic) bond motifs is 2. The summed E-state index contributed by atoms with van der Waals surface area (Å²) in [5.41, 5.74) is 3.86. The normalized spacial score (nSPS) is 19.4. The van der Waals surface area contributed by atoms with Crippen LogP contribution in [0.3, 0.4) is 0 Å². The fourth-order valence-corrected chi connectivity index (χ4v) is 5.38. The van der Waals surface area contributed by atoms with Crippen LogP contribution in [0, 0.1) is 0 Å². The van der Waals surface area contributed by atoms with Gasteiger partial charge in [0.15, 0.2) is 12.0 Å². The highest BCUT2D eigenvalue weighted by Gasteiger charge is 2.52. The number of hydrogen-bond acceptors (Lipinski definition) is 6. The van der Waals surface area contributed by atoms with E-state index in [2.05, 4.69) is 10.3 Å². The Labute approximate surface area is 225 Å². The maximum Gasteiger partial charge on any atom is 0.332 e. The Morgan fingerprint density at radius 3 is 2.54 bits per heavy atom. The Morgan fingerprint density at radius 2 is 1.77 bits per heavy atom. The number of rotatable bonds is 6. The van der Waals surface area contributed by atoms with Crippen molar-refractivity contribution in [3.8, 4) is 0 Å². The quantitative estimate of drug-likeness (QED) is 0.416. The number of hydrogen-bond donors (Lipinski definition) is 1. The van der Waals surface area contributed by atoms with Gasteiger partial charge in [0.05, 0.1) is 13.1 Å². The second kappa shape index (κ2) is 10.2. The number of oxazole rings is 1. The molecule has 0 unspecified atom stereocenters. The van der Waals surface area contributed by atoms with Crippen molar-refractivity contribution in [3.63, 3.8) is 0 Å². The molecule has 0 saturated carbocycles. The Balaban J connectivity index is 1.29. The van der Waals surface area contributed by atoms with Gasteiger partial charge in [-0.15, -0.1) is 0 Å². The van der Waals surface area contributed by atoms with Gasteiger partial charge >= 0.3 is 6.03 Å². The van der Waals surface area contributed by atoms with Gasteiger partial charge in [-0.25, -0.2) is 9.78 Å². The van der Waals surface area contributed by atoms with Crippen LogP contribution in [-0.2, 0) is 22.7 Å². The molecule has 2 fully saturated rings. The van der Waals surface area contributed by atoms with Gasteiger partial charge in [-0.1, -0.05) is 72.8 Å². The molecule has 10 heteroatoms. The van der Waals surface area contributed by atoms with Gasteiger partial charge in [0.2, 0.25) is 5.91 Å². The first kappa shape index (κ1) is 24.6. The van der Waals surface area contributed by atoms with Crippen molar-refractivity contribution in [1.29, 1.82) is 0 Å². The molecule has 10 nitrogen and oxygen atoms in total. The van der Waals surface area contributed by atoms with E-state index in [1.165, 1.54) is 11.4 Å². The highest BCUT2D eigenvalue weighted by Crippen LogP contribution is 2.36. The van der Waals surface area contributed by atoms with Crippen LogP contribution in [0.4, 0.5) is 4.79 Å². The summed E-state index contributed by atoms with van der Waals surface area (Å²) >= 11 is 0. The third-order valence-electron chi connectivity index (χ3n) is 7.34. The van der Waals surface area contributed by atoms with Gasteiger partial charge in [0.1, 0.15) is 17.7 Å². The molecule has 2 atom stereocenters. The molecule has 2 aliphatic rings. The molecule has 0 spiro atoms. The summed E-state index contributed by atoms with van der Waals surface area (Å²) < 4.78 is 5.61. The number of carbonyl (C=O) groups is 3. The molecule has 4 amide bonds. The second-order valence-corrected chi connectivity index (χ2v) is 9.70. The summed E-state index contributed by atoms with van der Waals surface area (Å²) in [5, 5.41) is 6.09. The van der Waals surface area contributed by atoms with Crippen LogP contribution in [-0.4, -0.2) is 69.0 Å². The van der Waals surface area contributed by atoms with Crippen LogP contribution >= 0.6 is 0 Å². The number of nitrogens with one attached hydrogen (secondary N) is 1. The summed E-state index contributed by atoms with van der Waals surface area (Å²) in [5.74, 6) is -0.387. The number of urea groups is 1. The van der Waals surface area contributed by atoms with Gasteiger partial charge in [0, 0.05) is 25.7 Å². The smallest absolute Gasteiger partial charge is 0.332 e. The molecule has 6 rings (SSSR count). The van der Waals surface area contributed by atoms with E-state index in [4.69, 9.17) is 4.42 Å². The summed E-state index contributed by atoms with van der Waals surface area (Å²) in [6.45, 7) is 0.862. The van der Waals surface area contributed by atoms with Gasteiger partial charge in [0.25, 0.3) is 5.91 Å². The Hall–Kier alpha value is -4.70. The molecular weight excluding hydrogens is 496 g/mol. The van der Waals surface area contributed by atoms with E-state index in [0.717, 1.165) is 16.7 Å². The van der Waals surface area contributed by atoms with Crippen molar-refractivity contribution in [3.05, 3.63) is 102 Å². The molecule has 0 bridgehead atoms. The molecule has 0 radical (unpaired) electrons. The highest BCUT2D eigenvalue weighted by atomic mass is 16.3. The molecule has 2 saturated heterocycles. The molecule has 3 aromatic carbocycles. The van der Waals surface area contributed by atoms with E-state index < -0.39 is 12.2 Å². The lowest BCUT2D eigenvalue weighted by Crippen LogP contribution is -2.62. The van der Waals surface area contributed by atoms with E-state index in [-0.39, 0.29) is 37.5 Å². The lowest BCUT2D eigenvalue weighted by molar-refractivity contribution is -0.157. The first-order chi connectivity index (χ1) is 19.0. The van der Waals surface area contributed by atoms with Crippen LogP contribution in [0.25, 0.3) is 11.1 Å². The number of aromatic nitrogens is 1. The summed E-state index contributed by atoms with van der Waals surface area (Å²) in [6, 6.07) is 23.4. The number of carbonyl (C=O) groups excluding carboxylic acids is 3. The molecule has 4 aromatic rings. The Bertz CT molecular complexity index is 1510. The minimum Gasteiger partial charge on any atom is -0.443 e. The van der Waals surface area contributed by atoms with Crippen molar-refractivity contribution in [2.45, 2.75) is 25.3 Å². The number of hydrazine groups is 1. The van der Waals surface area contributed by atoms with Crippen LogP contribution in [0.5, 0.6) is 0 Å². The van der Waals surface area contributed by atoms with Crippen molar-refractivity contribution in [1.82, 2.24) is 30.1 Å². The van der Waals surface area contributed by atoms with Crippen molar-refractivity contribution in [2.75, 3.05) is 20.1 Å². The van der Waals surface area contributed by atoms with Gasteiger partial charge in [-0.3, -0.25) is 14.6 Å². The largest absolute Gasteiger partial charge is 0.443 e. The average molecular weight is 525 g/mol. The van der Waals surface area contributed by atoms with Gasteiger partial charge in [-0.05, 0) is 17.2 Å². The maximum atomic E-state index is 13.9. The predicted molar refractivity (Wildman–Crippen MR) is 142 cm³/mol. The third kappa shape index (κ3) is 4.59. The summed E-state index contributed by atoms with van der Waals surface area (Å²) in [6.07, 6.45) is 0.864. The van der Waals surface area contributed by atoms with Gasteiger partial charge in [-0.2, -0.15) is 5.01 Å². The topological polar surface area (TPSA) is 102 Å². The summed E-state index contributed by atoms with van der Waals surface area (Å²) in [7, 11) is 1.64. The first-order valence-corrected chi connectivity index (χ1v) is 12.8. The predicted octanol–water partition coefficient (Wildman–Crippen LogP) is 3.14. The first-order valence-electron chi connectivity index (χ1n) is 12.8. The second-order valence-electron chi connectivity index (χ2n) is 9.70. The van der Waals surface area contributed by atoms with E-state index in [0.29, 0.717) is 17.6 Å². The number of para-hydroxylation sites is 1. The average Bonchev–Trinajstić information content (AvgIpc) is 3.58. The number of nitrogens with zero attached hydrogens (tertiary/aromatic N) is 5. The fraction of sp³-hybridized carbons (Fsp3) is 0.241. The number of amides is 4. The van der Waals surface area contributed by atoms with Crippen LogP contribution < -0.4 is 5.32 Å². The lowest BCUT2D eigenvalue weighted by atomic mass is 10.00. The highest BCUT2D eigenvalue weighted by molar-refractivity contribution is 5.92. The number of benzene rings is 3. The zero-order valence-corrected chi connectivity index (χ0v) is 21.4.